The van der Waals surface area contributed by atoms with Crippen molar-refractivity contribution in [2.75, 3.05) is 13.2 Å². The van der Waals surface area contributed by atoms with Gasteiger partial charge in [-0.15, -0.1) is 10.1 Å². The lowest BCUT2D eigenvalue weighted by Gasteiger charge is -2.30. The fourth-order valence-corrected chi connectivity index (χ4v) is 4.06. The molecule has 0 bridgehead atoms. The SMILES string of the molecule is O=[N+]([O-])Oc1nccn1CC1(c2ccc(Cl)cc2Cl)OCC(COc2cccc(C(F)(F)F)c2)O1. The minimum atomic E-state index is -4.51. The lowest BCUT2D eigenvalue weighted by Crippen LogP contribution is -2.35. The molecule has 2 atom stereocenters. The largest absolute Gasteiger partial charge is 0.491 e. The third-order valence-corrected chi connectivity index (χ3v) is 5.56. The normalized spacial score (nSPS) is 20.1. The van der Waals surface area contributed by atoms with Gasteiger partial charge in [-0.1, -0.05) is 35.3 Å². The summed E-state index contributed by atoms with van der Waals surface area (Å²) in [5.41, 5.74) is -0.481. The topological polar surface area (TPSA) is 97.9 Å². The zero-order valence-corrected chi connectivity index (χ0v) is 19.1. The Kier molecular flexibility index (Phi) is 7.08. The monoisotopic (exact) mass is 533 g/mol. The number of aromatic nitrogens is 2. The zero-order chi connectivity index (χ0) is 25.2. The first-order valence-corrected chi connectivity index (χ1v) is 10.7. The second-order valence-corrected chi connectivity index (χ2v) is 8.26. The van der Waals surface area contributed by atoms with E-state index in [4.69, 9.17) is 37.4 Å². The van der Waals surface area contributed by atoms with Crippen LogP contribution in [-0.2, 0) is 28.0 Å². The van der Waals surface area contributed by atoms with E-state index in [9.17, 15) is 23.3 Å². The summed E-state index contributed by atoms with van der Waals surface area (Å²) < 4.78 is 57.9. The number of hydrogen-bond acceptors (Lipinski definition) is 7. The van der Waals surface area contributed by atoms with Crippen LogP contribution in [0.25, 0.3) is 0 Å². The number of imidazole rings is 1. The van der Waals surface area contributed by atoms with E-state index in [1.807, 2.05) is 0 Å². The van der Waals surface area contributed by atoms with Crippen LogP contribution in [0.5, 0.6) is 11.8 Å². The van der Waals surface area contributed by atoms with Gasteiger partial charge in [0.2, 0.25) is 5.79 Å². The molecule has 14 heteroatoms. The molecule has 0 N–H and O–H groups in total. The van der Waals surface area contributed by atoms with Crippen molar-refractivity contribution in [3.05, 3.63) is 86.1 Å². The number of alkyl halides is 3. The van der Waals surface area contributed by atoms with Crippen LogP contribution in [0, 0.1) is 10.1 Å². The van der Waals surface area contributed by atoms with Gasteiger partial charge in [-0.3, -0.25) is 0 Å². The Bertz CT molecular complexity index is 1230. The van der Waals surface area contributed by atoms with Crippen LogP contribution in [0.2, 0.25) is 10.0 Å². The molecule has 1 aliphatic rings. The second-order valence-electron chi connectivity index (χ2n) is 7.42. The molecule has 0 amide bonds. The lowest BCUT2D eigenvalue weighted by molar-refractivity contribution is -0.713. The summed E-state index contributed by atoms with van der Waals surface area (Å²) >= 11 is 12.4. The van der Waals surface area contributed by atoms with Crippen LogP contribution in [0.3, 0.4) is 0 Å². The molecule has 3 aromatic rings. The van der Waals surface area contributed by atoms with Gasteiger partial charge in [0.1, 0.15) is 18.5 Å². The Balaban J connectivity index is 1.57. The maximum Gasteiger partial charge on any atom is 0.416 e. The Morgan fingerprint density at radius 1 is 1.26 bits per heavy atom. The number of benzene rings is 2. The lowest BCUT2D eigenvalue weighted by atomic mass is 10.1. The fourth-order valence-electron chi connectivity index (χ4n) is 3.51. The Hall–Kier alpha value is -3.06. The number of halogens is 5. The summed E-state index contributed by atoms with van der Waals surface area (Å²) in [4.78, 5) is 19.1. The molecule has 35 heavy (non-hydrogen) atoms. The van der Waals surface area contributed by atoms with Crippen molar-refractivity contribution in [3.63, 3.8) is 0 Å². The van der Waals surface area contributed by atoms with Crippen molar-refractivity contribution >= 4 is 23.2 Å². The van der Waals surface area contributed by atoms with E-state index in [0.717, 1.165) is 12.1 Å². The number of ether oxygens (including phenoxy) is 3. The third-order valence-electron chi connectivity index (χ3n) is 5.01. The first-order valence-electron chi connectivity index (χ1n) is 9.96. The molecule has 186 valence electrons. The van der Waals surface area contributed by atoms with Crippen LogP contribution in [0.15, 0.2) is 54.9 Å². The van der Waals surface area contributed by atoms with Gasteiger partial charge in [-0.05, 0) is 30.3 Å². The van der Waals surface area contributed by atoms with Crippen molar-refractivity contribution in [2.24, 2.45) is 0 Å². The van der Waals surface area contributed by atoms with Crippen LogP contribution in [0.1, 0.15) is 11.1 Å². The standard InChI is InChI=1S/C21H16Cl2F3N3O6/c22-14-4-5-17(18(23)9-14)20(12-28-7-6-27-19(28)35-29(30)31)33-11-16(34-20)10-32-15-3-1-2-13(8-15)21(24,25)26/h1-9,16H,10-12H2. The van der Waals surface area contributed by atoms with E-state index in [2.05, 4.69) is 9.82 Å². The summed E-state index contributed by atoms with van der Waals surface area (Å²) in [6, 6.07) is 8.73. The summed E-state index contributed by atoms with van der Waals surface area (Å²) in [7, 11) is 0. The van der Waals surface area contributed by atoms with Crippen LogP contribution in [0.4, 0.5) is 13.2 Å². The van der Waals surface area contributed by atoms with Gasteiger partial charge in [0, 0.05) is 23.0 Å². The van der Waals surface area contributed by atoms with E-state index in [-0.39, 0.29) is 36.5 Å². The van der Waals surface area contributed by atoms with Gasteiger partial charge in [0.25, 0.3) is 6.01 Å². The summed E-state index contributed by atoms with van der Waals surface area (Å²) in [5, 5.41) is 10.3. The first-order chi connectivity index (χ1) is 16.6. The van der Waals surface area contributed by atoms with Crippen molar-refractivity contribution in [2.45, 2.75) is 24.6 Å². The van der Waals surface area contributed by atoms with E-state index in [1.54, 1.807) is 12.1 Å². The maximum atomic E-state index is 13.0. The van der Waals surface area contributed by atoms with Crippen molar-refractivity contribution in [1.29, 1.82) is 0 Å². The van der Waals surface area contributed by atoms with Gasteiger partial charge in [-0.2, -0.15) is 13.2 Å². The average molecular weight is 534 g/mol. The molecular formula is C21H16Cl2F3N3O6. The van der Waals surface area contributed by atoms with Crippen molar-refractivity contribution in [1.82, 2.24) is 9.55 Å². The summed E-state index contributed by atoms with van der Waals surface area (Å²) in [5.74, 6) is -1.56. The Morgan fingerprint density at radius 3 is 2.77 bits per heavy atom. The van der Waals surface area contributed by atoms with E-state index < -0.39 is 28.7 Å². The van der Waals surface area contributed by atoms with Crippen LogP contribution >= 0.6 is 23.2 Å². The molecule has 2 heterocycles. The van der Waals surface area contributed by atoms with Crippen LogP contribution < -0.4 is 9.57 Å². The van der Waals surface area contributed by atoms with Gasteiger partial charge >= 0.3 is 11.3 Å². The molecule has 2 unspecified atom stereocenters. The number of rotatable bonds is 8. The summed E-state index contributed by atoms with van der Waals surface area (Å²) in [6.45, 7) is -0.313. The van der Waals surface area contributed by atoms with E-state index >= 15 is 0 Å². The molecule has 0 aliphatic carbocycles. The molecule has 0 radical (unpaired) electrons. The van der Waals surface area contributed by atoms with Crippen LogP contribution in [-0.4, -0.2) is 34.0 Å². The number of hydrogen-bond donors (Lipinski definition) is 0. The molecule has 1 aliphatic heterocycles. The molecule has 1 saturated heterocycles. The van der Waals surface area contributed by atoms with Gasteiger partial charge in [-0.25, -0.2) is 9.82 Å². The highest BCUT2D eigenvalue weighted by atomic mass is 35.5. The molecule has 0 saturated carbocycles. The van der Waals surface area contributed by atoms with Gasteiger partial charge in [0.05, 0.1) is 23.7 Å². The number of nitrogens with zero attached hydrogens (tertiary/aromatic N) is 3. The molecule has 9 nitrogen and oxygen atoms in total. The predicted octanol–water partition coefficient (Wildman–Crippen LogP) is 5.13. The predicted molar refractivity (Wildman–Crippen MR) is 116 cm³/mol. The maximum absolute atomic E-state index is 13.0. The van der Waals surface area contributed by atoms with Crippen molar-refractivity contribution < 1.29 is 37.3 Å². The molecule has 1 fully saturated rings. The Morgan fingerprint density at radius 2 is 2.06 bits per heavy atom. The molecule has 4 rings (SSSR count). The van der Waals surface area contributed by atoms with E-state index in [1.165, 1.54) is 35.2 Å². The van der Waals surface area contributed by atoms with E-state index in [0.29, 0.717) is 10.6 Å². The Labute approximate surface area is 206 Å². The highest BCUT2D eigenvalue weighted by Crippen LogP contribution is 2.41. The summed E-state index contributed by atoms with van der Waals surface area (Å²) in [6.07, 6.45) is -2.52. The van der Waals surface area contributed by atoms with Gasteiger partial charge < -0.3 is 18.8 Å². The smallest absolute Gasteiger partial charge is 0.416 e. The highest BCUT2D eigenvalue weighted by Gasteiger charge is 2.46. The molecule has 2 aromatic carbocycles. The fraction of sp³-hybridized carbons (Fsp3) is 0.286. The highest BCUT2D eigenvalue weighted by molar-refractivity contribution is 6.35. The molecular weight excluding hydrogens is 518 g/mol. The minimum Gasteiger partial charge on any atom is -0.491 e. The van der Waals surface area contributed by atoms with Gasteiger partial charge in [0.15, 0.2) is 0 Å². The molecule has 1 aromatic heterocycles. The average Bonchev–Trinajstić information content (AvgIpc) is 3.39. The minimum absolute atomic E-state index is 0.00160. The quantitative estimate of drug-likeness (QED) is 0.292. The van der Waals surface area contributed by atoms with Crippen molar-refractivity contribution in [3.8, 4) is 11.8 Å². The first kappa shape index (κ1) is 25.0. The third kappa shape index (κ3) is 5.78. The molecule has 0 spiro atoms. The second kappa shape index (κ2) is 9.90. The zero-order valence-electron chi connectivity index (χ0n) is 17.6.